The average Bonchev–Trinajstić information content (AvgIpc) is 3.44. The van der Waals surface area contributed by atoms with E-state index in [0.29, 0.717) is 7.35 Å². The molecule has 1 heterocycles. The zero-order chi connectivity index (χ0) is 31.3. The van der Waals surface area contributed by atoms with Gasteiger partial charge in [-0.3, -0.25) is 0 Å². The molecule has 4 bridgehead atoms. The van der Waals surface area contributed by atoms with Gasteiger partial charge in [0.25, 0.3) is 0 Å². The van der Waals surface area contributed by atoms with E-state index < -0.39 is 31.0 Å². The average molecular weight is 828 g/mol. The Morgan fingerprint density at radius 1 is 0.522 bits per heavy atom. The van der Waals surface area contributed by atoms with Crippen LogP contribution in [0.5, 0.6) is 0 Å². The molecule has 1 aliphatic heterocycles. The molecule has 0 radical (unpaired) electrons. The van der Waals surface area contributed by atoms with Gasteiger partial charge < -0.3 is 24.8 Å². The van der Waals surface area contributed by atoms with Gasteiger partial charge in [0.2, 0.25) is 0 Å². The topological polar surface area (TPSA) is 0 Å². The third kappa shape index (κ3) is 5.44. The van der Waals surface area contributed by atoms with Crippen molar-refractivity contribution in [3.63, 3.8) is 0 Å². The van der Waals surface area contributed by atoms with Crippen molar-refractivity contribution in [1.82, 2.24) is 0 Å². The van der Waals surface area contributed by atoms with Crippen molar-refractivity contribution in [3.8, 4) is 22.3 Å². The predicted octanol–water partition coefficient (Wildman–Crippen LogP) is 5.86. The minimum atomic E-state index is -2.10. The summed E-state index contributed by atoms with van der Waals surface area (Å²) < 4.78 is 1.34. The Morgan fingerprint density at radius 3 is 1.20 bits per heavy atom. The van der Waals surface area contributed by atoms with Crippen LogP contribution in [-0.2, 0) is 33.7 Å². The second-order valence-electron chi connectivity index (χ2n) is 16.0. The zero-order valence-corrected chi connectivity index (χ0v) is 35.1. The molecule has 0 saturated carbocycles. The monoisotopic (exact) mass is 828 g/mol. The summed E-state index contributed by atoms with van der Waals surface area (Å²) in [6.07, 6.45) is 0. The van der Waals surface area contributed by atoms with Gasteiger partial charge in [-0.15, -0.1) is 0 Å². The summed E-state index contributed by atoms with van der Waals surface area (Å²) in [5, 5.41) is 3.47. The van der Waals surface area contributed by atoms with E-state index in [4.69, 9.17) is 0 Å². The van der Waals surface area contributed by atoms with Gasteiger partial charge in [-0.1, -0.05) is 0 Å². The molecule has 4 aromatic carbocycles. The normalized spacial score (nSPS) is 19.2. The number of hydrogen-bond donors (Lipinski definition) is 0. The fourth-order valence-electron chi connectivity index (χ4n) is 8.44. The molecule has 0 amide bonds. The molecule has 4 heteroatoms. The smallest absolute Gasteiger partial charge is 1.00 e. The number of halogens is 2. The van der Waals surface area contributed by atoms with Crippen LogP contribution < -0.4 is 24.8 Å². The summed E-state index contributed by atoms with van der Waals surface area (Å²) in [5.74, 6) is 0. The van der Waals surface area contributed by atoms with Crippen LogP contribution in [0.25, 0.3) is 32.6 Å². The summed E-state index contributed by atoms with van der Waals surface area (Å²) >= 11 is -1.21. The SMILES string of the molecule is CC1=C2c3c(-c4ccc(C(C)(C)C)cc4)cccc3[CH]1[Hf+2][CH]1C(C)=C(c3c(-c4ccc(C(C)(C)C)cc4)cccc31)[Si]2(C)C.[Cl-].[Cl-]. The quantitative estimate of drug-likeness (QED) is 0.223. The summed E-state index contributed by atoms with van der Waals surface area (Å²) in [5.41, 5.74) is 18.7. The third-order valence-corrected chi connectivity index (χ3v) is 22.2. The van der Waals surface area contributed by atoms with Crippen LogP contribution in [-0.4, -0.2) is 8.07 Å². The van der Waals surface area contributed by atoms with Crippen molar-refractivity contribution in [2.45, 2.75) is 86.7 Å². The first-order valence-corrected chi connectivity index (χ1v) is 23.5. The van der Waals surface area contributed by atoms with Gasteiger partial charge in [0, 0.05) is 0 Å². The molecule has 0 aromatic heterocycles. The van der Waals surface area contributed by atoms with E-state index in [1.54, 1.807) is 43.8 Å². The number of allylic oxidation sites excluding steroid dienone is 2. The molecule has 0 nitrogen and oxygen atoms in total. The molecule has 0 N–H and O–H groups in total. The van der Waals surface area contributed by atoms with Crippen LogP contribution in [0.3, 0.4) is 0 Å². The minimum Gasteiger partial charge on any atom is -1.00 e. The van der Waals surface area contributed by atoms with Gasteiger partial charge >= 0.3 is 280 Å². The first-order chi connectivity index (χ1) is 20.7. The maximum Gasteiger partial charge on any atom is -1.00 e. The Balaban J connectivity index is 0.00000208. The van der Waals surface area contributed by atoms with E-state index in [0.717, 1.165) is 0 Å². The van der Waals surface area contributed by atoms with Crippen molar-refractivity contribution in [2.75, 3.05) is 0 Å². The van der Waals surface area contributed by atoms with Crippen LogP contribution in [0.2, 0.25) is 13.1 Å². The second-order valence-corrected chi connectivity index (χ2v) is 25.6. The zero-order valence-electron chi connectivity index (χ0n) is 29.0. The maximum atomic E-state index is 2.67. The molecule has 46 heavy (non-hydrogen) atoms. The van der Waals surface area contributed by atoms with Crippen LogP contribution >= 0.6 is 0 Å². The van der Waals surface area contributed by atoms with Crippen molar-refractivity contribution in [3.05, 3.63) is 129 Å². The molecular weight excluding hydrogens is 782 g/mol. The molecular formula is C42H46Cl2HfSi. The molecule has 0 spiro atoms. The Kier molecular flexibility index (Phi) is 9.35. The molecule has 0 fully saturated rings. The number of rotatable bonds is 2. The Labute approximate surface area is 302 Å². The van der Waals surface area contributed by atoms with Gasteiger partial charge in [0.1, 0.15) is 0 Å². The fraction of sp³-hybridized carbons (Fsp3) is 0.333. The number of fused-ring (bicyclic) bond motifs is 8. The van der Waals surface area contributed by atoms with Gasteiger partial charge in [-0.2, -0.15) is 0 Å². The van der Waals surface area contributed by atoms with Crippen LogP contribution in [0.15, 0.2) is 96.1 Å². The third-order valence-electron chi connectivity index (χ3n) is 10.7. The van der Waals surface area contributed by atoms with Crippen molar-refractivity contribution >= 4 is 18.5 Å². The van der Waals surface area contributed by atoms with Crippen molar-refractivity contribution in [2.24, 2.45) is 0 Å². The summed E-state index contributed by atoms with van der Waals surface area (Å²) in [4.78, 5) is 0. The first-order valence-electron chi connectivity index (χ1n) is 16.4. The Bertz CT molecular complexity index is 1740. The maximum absolute atomic E-state index is 2.67. The van der Waals surface area contributed by atoms with E-state index in [1.165, 1.54) is 33.4 Å². The summed E-state index contributed by atoms with van der Waals surface area (Å²) in [7, 11) is -2.10. The van der Waals surface area contributed by atoms with Crippen LogP contribution in [0.4, 0.5) is 0 Å². The summed E-state index contributed by atoms with van der Waals surface area (Å²) in [6.45, 7) is 24.2. The first kappa shape index (κ1) is 35.3. The van der Waals surface area contributed by atoms with Gasteiger partial charge in [-0.25, -0.2) is 0 Å². The number of hydrogen-bond acceptors (Lipinski definition) is 0. The standard InChI is InChI=1S/C42H46Si.2ClH.Hf/c1-27-25-31-13-11-15-35(29-17-21-33(22-18-29)41(3,4)5)37(31)39(27)43(9,10)40-28(2)26-32-14-12-16-36(38(32)40)30-19-23-34(24-20-30)42(6,7)8;;;/h11-26H,1-10H3;2*1H;/q;;;+2/p-2. The molecule has 7 rings (SSSR count). The molecule has 4 aromatic rings. The molecule has 2 aliphatic carbocycles. The molecule has 0 saturated heterocycles. The molecule has 3 aliphatic rings. The predicted molar refractivity (Wildman–Crippen MR) is 189 cm³/mol. The molecule has 236 valence electrons. The van der Waals surface area contributed by atoms with Crippen LogP contribution in [0, 0.1) is 0 Å². The van der Waals surface area contributed by atoms with Gasteiger partial charge in [0.15, 0.2) is 0 Å². The van der Waals surface area contributed by atoms with Crippen molar-refractivity contribution in [1.29, 1.82) is 0 Å². The second kappa shape index (κ2) is 12.2. The van der Waals surface area contributed by atoms with E-state index in [-0.39, 0.29) is 35.6 Å². The van der Waals surface area contributed by atoms with E-state index in [9.17, 15) is 0 Å². The molecule has 2 unspecified atom stereocenters. The van der Waals surface area contributed by atoms with Crippen molar-refractivity contribution < 1.29 is 47.7 Å². The Morgan fingerprint density at radius 2 is 0.870 bits per heavy atom. The van der Waals surface area contributed by atoms with E-state index in [1.807, 2.05) is 0 Å². The van der Waals surface area contributed by atoms with Gasteiger partial charge in [-0.05, 0) is 0 Å². The van der Waals surface area contributed by atoms with E-state index in [2.05, 4.69) is 153 Å². The Hall–Kier alpha value is -1.97. The van der Waals surface area contributed by atoms with Crippen LogP contribution in [0.1, 0.15) is 96.1 Å². The molecule has 2 atom stereocenters. The van der Waals surface area contributed by atoms with Gasteiger partial charge in [0.05, 0.1) is 0 Å². The largest absolute Gasteiger partial charge is 1.00 e. The fourth-order valence-corrected chi connectivity index (χ4v) is 20.8. The number of benzene rings is 4. The summed E-state index contributed by atoms with van der Waals surface area (Å²) in [6, 6.07) is 33.5. The van der Waals surface area contributed by atoms with E-state index >= 15 is 0 Å². The minimum absolute atomic E-state index is 0.